The van der Waals surface area contributed by atoms with E-state index < -0.39 is 0 Å². The lowest BCUT2D eigenvalue weighted by Gasteiger charge is -2.12. The summed E-state index contributed by atoms with van der Waals surface area (Å²) in [4.78, 5) is 12.0. The zero-order chi connectivity index (χ0) is 17.4. The Hall–Kier alpha value is -2.75. The molecule has 2 rings (SSSR count). The van der Waals surface area contributed by atoms with E-state index in [4.69, 9.17) is 9.47 Å². The van der Waals surface area contributed by atoms with Crippen molar-refractivity contribution in [3.63, 3.8) is 0 Å². The van der Waals surface area contributed by atoms with Crippen molar-refractivity contribution in [1.29, 1.82) is 0 Å². The molecule has 0 aliphatic heterocycles. The van der Waals surface area contributed by atoms with Gasteiger partial charge in [0.05, 0.1) is 14.2 Å². The Bertz CT molecular complexity index is 695. The number of methoxy groups -OCH3 is 2. The monoisotopic (exact) mass is 325 g/mol. The molecule has 24 heavy (non-hydrogen) atoms. The normalized spacial score (nSPS) is 12.0. The van der Waals surface area contributed by atoms with Gasteiger partial charge in [0, 0.05) is 12.1 Å². The number of hydrogen-bond acceptors (Lipinski definition) is 3. The molecule has 0 saturated heterocycles. The van der Waals surface area contributed by atoms with Gasteiger partial charge in [-0.1, -0.05) is 36.4 Å². The van der Waals surface area contributed by atoms with Gasteiger partial charge in [-0.05, 0) is 42.7 Å². The lowest BCUT2D eigenvalue weighted by Crippen LogP contribution is -2.32. The highest BCUT2D eigenvalue weighted by molar-refractivity contribution is 5.92. The lowest BCUT2D eigenvalue weighted by molar-refractivity contribution is -0.117. The number of nitrogens with one attached hydrogen (secondary N) is 1. The first-order valence-electron chi connectivity index (χ1n) is 7.87. The van der Waals surface area contributed by atoms with E-state index >= 15 is 0 Å². The Morgan fingerprint density at radius 1 is 1.08 bits per heavy atom. The van der Waals surface area contributed by atoms with Crippen LogP contribution in [-0.4, -0.2) is 26.2 Å². The minimum atomic E-state index is -0.117. The van der Waals surface area contributed by atoms with Crippen molar-refractivity contribution in [3.05, 3.63) is 65.7 Å². The van der Waals surface area contributed by atoms with Crippen molar-refractivity contribution < 1.29 is 14.3 Å². The van der Waals surface area contributed by atoms with Crippen LogP contribution in [0.25, 0.3) is 6.08 Å². The Kier molecular flexibility index (Phi) is 6.43. The molecular formula is C20H23NO3. The molecule has 1 amide bonds. The van der Waals surface area contributed by atoms with Crippen molar-refractivity contribution in [2.24, 2.45) is 0 Å². The predicted octanol–water partition coefficient (Wildman–Crippen LogP) is 3.46. The first kappa shape index (κ1) is 17.6. The first-order chi connectivity index (χ1) is 11.6. The minimum Gasteiger partial charge on any atom is -0.493 e. The molecule has 126 valence electrons. The van der Waals surface area contributed by atoms with Crippen LogP contribution < -0.4 is 14.8 Å². The topological polar surface area (TPSA) is 47.6 Å². The number of amides is 1. The van der Waals surface area contributed by atoms with E-state index in [0.29, 0.717) is 11.5 Å². The fraction of sp³-hybridized carbons (Fsp3) is 0.250. The van der Waals surface area contributed by atoms with Crippen LogP contribution in [0.2, 0.25) is 0 Å². The molecule has 0 heterocycles. The van der Waals surface area contributed by atoms with Gasteiger partial charge in [0.1, 0.15) is 0 Å². The van der Waals surface area contributed by atoms with Crippen LogP contribution in [0.1, 0.15) is 18.1 Å². The quantitative estimate of drug-likeness (QED) is 0.793. The van der Waals surface area contributed by atoms with Gasteiger partial charge in [-0.2, -0.15) is 0 Å². The summed E-state index contributed by atoms with van der Waals surface area (Å²) in [5, 5.41) is 2.97. The summed E-state index contributed by atoms with van der Waals surface area (Å²) >= 11 is 0. The molecule has 1 atom stereocenters. The zero-order valence-corrected chi connectivity index (χ0v) is 14.3. The second kappa shape index (κ2) is 8.77. The highest BCUT2D eigenvalue weighted by Crippen LogP contribution is 2.27. The van der Waals surface area contributed by atoms with E-state index in [9.17, 15) is 4.79 Å². The molecule has 0 radical (unpaired) electrons. The second-order valence-corrected chi connectivity index (χ2v) is 5.55. The van der Waals surface area contributed by atoms with E-state index in [1.165, 1.54) is 11.6 Å². The Morgan fingerprint density at radius 3 is 2.46 bits per heavy atom. The van der Waals surface area contributed by atoms with Crippen LogP contribution in [-0.2, 0) is 11.2 Å². The number of benzene rings is 2. The summed E-state index contributed by atoms with van der Waals surface area (Å²) in [7, 11) is 3.18. The number of ether oxygens (including phenoxy) is 2. The number of carbonyl (C=O) groups is 1. The van der Waals surface area contributed by atoms with Crippen molar-refractivity contribution >= 4 is 12.0 Å². The standard InChI is InChI=1S/C20H23NO3/c1-15(13-16-7-5-4-6-8-16)21-20(22)12-10-17-9-11-18(23-2)19(14-17)24-3/h4-12,14-15H,13H2,1-3H3,(H,21,22)/t15-/m1/s1. The van der Waals surface area contributed by atoms with Gasteiger partial charge in [0.2, 0.25) is 5.91 Å². The van der Waals surface area contributed by atoms with E-state index in [2.05, 4.69) is 17.4 Å². The third-order valence-corrected chi connectivity index (χ3v) is 3.61. The third-order valence-electron chi connectivity index (χ3n) is 3.61. The summed E-state index contributed by atoms with van der Waals surface area (Å²) in [6, 6.07) is 15.7. The van der Waals surface area contributed by atoms with Crippen molar-refractivity contribution in [3.8, 4) is 11.5 Å². The van der Waals surface area contributed by atoms with Gasteiger partial charge in [0.15, 0.2) is 11.5 Å². The highest BCUT2D eigenvalue weighted by atomic mass is 16.5. The molecule has 0 aliphatic carbocycles. The Labute approximate surface area is 143 Å². The van der Waals surface area contributed by atoms with Gasteiger partial charge >= 0.3 is 0 Å². The van der Waals surface area contributed by atoms with Crippen LogP contribution in [0.15, 0.2) is 54.6 Å². The van der Waals surface area contributed by atoms with Crippen LogP contribution in [0.4, 0.5) is 0 Å². The average Bonchev–Trinajstić information content (AvgIpc) is 2.60. The molecule has 1 N–H and O–H groups in total. The van der Waals surface area contributed by atoms with Gasteiger partial charge in [-0.3, -0.25) is 4.79 Å². The van der Waals surface area contributed by atoms with Crippen LogP contribution in [0.3, 0.4) is 0 Å². The maximum Gasteiger partial charge on any atom is 0.244 e. The van der Waals surface area contributed by atoms with Gasteiger partial charge in [-0.25, -0.2) is 0 Å². The largest absolute Gasteiger partial charge is 0.493 e. The molecule has 0 aromatic heterocycles. The maximum absolute atomic E-state index is 12.0. The summed E-state index contributed by atoms with van der Waals surface area (Å²) in [5.74, 6) is 1.18. The second-order valence-electron chi connectivity index (χ2n) is 5.55. The van der Waals surface area contributed by atoms with Gasteiger partial charge in [0.25, 0.3) is 0 Å². The third kappa shape index (κ3) is 5.16. The summed E-state index contributed by atoms with van der Waals surface area (Å²) in [6.45, 7) is 2.00. The molecule has 0 fully saturated rings. The van der Waals surface area contributed by atoms with Crippen LogP contribution in [0.5, 0.6) is 11.5 Å². The summed E-state index contributed by atoms with van der Waals surface area (Å²) in [5.41, 5.74) is 2.08. The number of hydrogen-bond donors (Lipinski definition) is 1. The van der Waals surface area contributed by atoms with Crippen molar-refractivity contribution in [2.45, 2.75) is 19.4 Å². The Morgan fingerprint density at radius 2 is 1.79 bits per heavy atom. The molecule has 0 spiro atoms. The summed E-state index contributed by atoms with van der Waals surface area (Å²) < 4.78 is 10.5. The van der Waals surface area contributed by atoms with Crippen LogP contribution in [0, 0.1) is 0 Å². The lowest BCUT2D eigenvalue weighted by atomic mass is 10.1. The molecule has 0 saturated carbocycles. The molecule has 0 unspecified atom stereocenters. The molecular weight excluding hydrogens is 302 g/mol. The SMILES string of the molecule is COc1ccc(C=CC(=O)N[C@H](C)Cc2ccccc2)cc1OC. The van der Waals surface area contributed by atoms with E-state index in [1.54, 1.807) is 20.3 Å². The predicted molar refractivity (Wildman–Crippen MR) is 96.3 cm³/mol. The van der Waals surface area contributed by atoms with Crippen molar-refractivity contribution in [1.82, 2.24) is 5.32 Å². The molecule has 0 bridgehead atoms. The van der Waals surface area contributed by atoms with E-state index in [-0.39, 0.29) is 11.9 Å². The van der Waals surface area contributed by atoms with Crippen molar-refractivity contribution in [2.75, 3.05) is 14.2 Å². The fourth-order valence-corrected chi connectivity index (χ4v) is 2.44. The highest BCUT2D eigenvalue weighted by Gasteiger charge is 2.06. The zero-order valence-electron chi connectivity index (χ0n) is 14.3. The Balaban J connectivity index is 1.92. The molecule has 0 aliphatic rings. The molecule has 2 aromatic carbocycles. The molecule has 4 nitrogen and oxygen atoms in total. The van der Waals surface area contributed by atoms with Crippen LogP contribution >= 0.6 is 0 Å². The maximum atomic E-state index is 12.0. The van der Waals surface area contributed by atoms with E-state index in [0.717, 1.165) is 12.0 Å². The smallest absolute Gasteiger partial charge is 0.244 e. The molecule has 4 heteroatoms. The minimum absolute atomic E-state index is 0.0648. The molecule has 2 aromatic rings. The summed E-state index contributed by atoms with van der Waals surface area (Å²) in [6.07, 6.45) is 4.09. The average molecular weight is 325 g/mol. The van der Waals surface area contributed by atoms with Gasteiger partial charge < -0.3 is 14.8 Å². The number of carbonyl (C=O) groups excluding carboxylic acids is 1. The van der Waals surface area contributed by atoms with Gasteiger partial charge in [-0.15, -0.1) is 0 Å². The first-order valence-corrected chi connectivity index (χ1v) is 7.87. The number of rotatable bonds is 7. The fourth-order valence-electron chi connectivity index (χ4n) is 2.44. The van der Waals surface area contributed by atoms with E-state index in [1.807, 2.05) is 43.3 Å².